The number of ketones is 1. The fraction of sp³-hybridized carbons (Fsp3) is 0.588. The van der Waals surface area contributed by atoms with Crippen molar-refractivity contribution in [3.8, 4) is 0 Å². The number of halogens is 1. The summed E-state index contributed by atoms with van der Waals surface area (Å²) in [6.45, 7) is 6.76. The SMILES string of the molecule is CC(C)CN(CCCC(=O)c1ccc(Br)cc1)C1CC1. The average Bonchev–Trinajstić information content (AvgIpc) is 3.22. The van der Waals surface area contributed by atoms with Crippen LogP contribution in [0, 0.1) is 5.92 Å². The van der Waals surface area contributed by atoms with Gasteiger partial charge in [-0.2, -0.15) is 0 Å². The predicted molar refractivity (Wildman–Crippen MR) is 87.1 cm³/mol. The molecular formula is C17H24BrNO. The van der Waals surface area contributed by atoms with Gasteiger partial charge in [-0.15, -0.1) is 0 Å². The first-order chi connectivity index (χ1) is 9.56. The molecule has 0 radical (unpaired) electrons. The monoisotopic (exact) mass is 337 g/mol. The van der Waals surface area contributed by atoms with Gasteiger partial charge in [-0.3, -0.25) is 4.79 Å². The second-order valence-corrected chi connectivity index (χ2v) is 7.07. The molecule has 2 rings (SSSR count). The molecule has 2 nitrogen and oxygen atoms in total. The van der Waals surface area contributed by atoms with E-state index in [1.165, 1.54) is 12.8 Å². The first-order valence-electron chi connectivity index (χ1n) is 7.59. The fourth-order valence-corrected chi connectivity index (χ4v) is 2.82. The van der Waals surface area contributed by atoms with E-state index >= 15 is 0 Å². The van der Waals surface area contributed by atoms with Crippen LogP contribution in [0.25, 0.3) is 0 Å². The number of hydrogen-bond donors (Lipinski definition) is 0. The van der Waals surface area contributed by atoms with Gasteiger partial charge in [-0.1, -0.05) is 41.9 Å². The number of carbonyl (C=O) groups is 1. The minimum atomic E-state index is 0.262. The van der Waals surface area contributed by atoms with Crippen molar-refractivity contribution in [2.75, 3.05) is 13.1 Å². The Morgan fingerprint density at radius 3 is 2.50 bits per heavy atom. The molecule has 0 saturated heterocycles. The minimum absolute atomic E-state index is 0.262. The molecule has 1 aliphatic rings. The van der Waals surface area contributed by atoms with E-state index in [4.69, 9.17) is 0 Å². The van der Waals surface area contributed by atoms with Crippen molar-refractivity contribution >= 4 is 21.7 Å². The van der Waals surface area contributed by atoms with Gasteiger partial charge in [0, 0.05) is 29.0 Å². The summed E-state index contributed by atoms with van der Waals surface area (Å²) in [4.78, 5) is 14.7. The van der Waals surface area contributed by atoms with E-state index in [-0.39, 0.29) is 5.78 Å². The molecule has 0 aliphatic heterocycles. The van der Waals surface area contributed by atoms with Gasteiger partial charge < -0.3 is 4.90 Å². The molecule has 1 saturated carbocycles. The standard InChI is InChI=1S/C17H24BrNO/c1-13(2)12-19(16-9-10-16)11-3-4-17(20)14-5-7-15(18)8-6-14/h5-8,13,16H,3-4,9-12H2,1-2H3. The van der Waals surface area contributed by atoms with Gasteiger partial charge >= 0.3 is 0 Å². The molecule has 1 fully saturated rings. The second kappa shape index (κ2) is 7.37. The maximum Gasteiger partial charge on any atom is 0.162 e. The van der Waals surface area contributed by atoms with E-state index in [9.17, 15) is 4.79 Å². The number of benzene rings is 1. The Balaban J connectivity index is 1.76. The lowest BCUT2D eigenvalue weighted by atomic mass is 10.1. The molecule has 0 heterocycles. The smallest absolute Gasteiger partial charge is 0.162 e. The Kier molecular flexibility index (Phi) is 5.79. The van der Waals surface area contributed by atoms with Crippen LogP contribution in [0.1, 0.15) is 49.9 Å². The summed E-state index contributed by atoms with van der Waals surface area (Å²) in [5.41, 5.74) is 0.829. The summed E-state index contributed by atoms with van der Waals surface area (Å²) in [5, 5.41) is 0. The van der Waals surface area contributed by atoms with Gasteiger partial charge in [0.1, 0.15) is 0 Å². The molecule has 1 aliphatic carbocycles. The molecule has 0 bridgehead atoms. The summed E-state index contributed by atoms with van der Waals surface area (Å²) >= 11 is 3.39. The normalized spacial score (nSPS) is 15.1. The highest BCUT2D eigenvalue weighted by Gasteiger charge is 2.28. The highest BCUT2D eigenvalue weighted by Crippen LogP contribution is 2.27. The van der Waals surface area contributed by atoms with Gasteiger partial charge in [0.25, 0.3) is 0 Å². The van der Waals surface area contributed by atoms with E-state index in [0.717, 1.165) is 35.6 Å². The largest absolute Gasteiger partial charge is 0.300 e. The molecule has 20 heavy (non-hydrogen) atoms. The van der Waals surface area contributed by atoms with Crippen LogP contribution in [0.15, 0.2) is 28.7 Å². The molecule has 1 aromatic carbocycles. The molecule has 1 aromatic rings. The van der Waals surface area contributed by atoms with Crippen molar-refractivity contribution in [2.45, 2.75) is 45.6 Å². The molecule has 0 N–H and O–H groups in total. The van der Waals surface area contributed by atoms with Crippen LogP contribution in [0.3, 0.4) is 0 Å². The number of rotatable bonds is 8. The van der Waals surface area contributed by atoms with E-state index in [2.05, 4.69) is 34.7 Å². The Labute approximate surface area is 130 Å². The van der Waals surface area contributed by atoms with Crippen LogP contribution in [-0.4, -0.2) is 29.8 Å². The summed E-state index contributed by atoms with van der Waals surface area (Å²) in [7, 11) is 0. The van der Waals surface area contributed by atoms with Gasteiger partial charge in [-0.25, -0.2) is 0 Å². The van der Waals surface area contributed by atoms with Crippen LogP contribution >= 0.6 is 15.9 Å². The Morgan fingerprint density at radius 1 is 1.30 bits per heavy atom. The lowest BCUT2D eigenvalue weighted by Crippen LogP contribution is -2.31. The van der Waals surface area contributed by atoms with E-state index in [1.807, 2.05) is 24.3 Å². The molecule has 0 unspecified atom stereocenters. The van der Waals surface area contributed by atoms with Crippen molar-refractivity contribution < 1.29 is 4.79 Å². The van der Waals surface area contributed by atoms with Crippen molar-refractivity contribution in [1.29, 1.82) is 0 Å². The number of nitrogens with zero attached hydrogens (tertiary/aromatic N) is 1. The quantitative estimate of drug-likeness (QED) is 0.649. The van der Waals surface area contributed by atoms with Gasteiger partial charge in [0.05, 0.1) is 0 Å². The zero-order valence-electron chi connectivity index (χ0n) is 12.4. The van der Waals surface area contributed by atoms with Crippen LogP contribution in [0.4, 0.5) is 0 Å². The zero-order valence-corrected chi connectivity index (χ0v) is 14.0. The number of Topliss-reactive ketones (excluding diaryl/α,β-unsaturated/α-hetero) is 1. The second-order valence-electron chi connectivity index (χ2n) is 6.15. The van der Waals surface area contributed by atoms with Gasteiger partial charge in [0.2, 0.25) is 0 Å². The third-order valence-corrected chi connectivity index (χ3v) is 4.21. The van der Waals surface area contributed by atoms with Crippen molar-refractivity contribution in [3.63, 3.8) is 0 Å². The topological polar surface area (TPSA) is 20.3 Å². The minimum Gasteiger partial charge on any atom is -0.300 e. The molecule has 110 valence electrons. The third kappa shape index (κ3) is 5.02. The van der Waals surface area contributed by atoms with Crippen molar-refractivity contribution in [1.82, 2.24) is 4.90 Å². The average molecular weight is 338 g/mol. The zero-order chi connectivity index (χ0) is 14.5. The van der Waals surface area contributed by atoms with Crippen molar-refractivity contribution in [2.24, 2.45) is 5.92 Å². The van der Waals surface area contributed by atoms with Crippen LogP contribution in [-0.2, 0) is 0 Å². The number of carbonyl (C=O) groups excluding carboxylic acids is 1. The molecule has 3 heteroatoms. The molecule has 0 aromatic heterocycles. The first-order valence-corrected chi connectivity index (χ1v) is 8.38. The van der Waals surface area contributed by atoms with E-state index in [1.54, 1.807) is 0 Å². The summed E-state index contributed by atoms with van der Waals surface area (Å²) in [5.74, 6) is 0.968. The van der Waals surface area contributed by atoms with Crippen molar-refractivity contribution in [3.05, 3.63) is 34.3 Å². The Hall–Kier alpha value is -0.670. The highest BCUT2D eigenvalue weighted by molar-refractivity contribution is 9.10. The maximum absolute atomic E-state index is 12.1. The van der Waals surface area contributed by atoms with Gasteiger partial charge in [-0.05, 0) is 43.9 Å². The molecule has 0 amide bonds. The Bertz CT molecular complexity index is 437. The number of hydrogen-bond acceptors (Lipinski definition) is 2. The lowest BCUT2D eigenvalue weighted by Gasteiger charge is -2.23. The first kappa shape index (κ1) is 15.7. The summed E-state index contributed by atoms with van der Waals surface area (Å²) in [6.07, 6.45) is 4.31. The lowest BCUT2D eigenvalue weighted by molar-refractivity contribution is 0.0973. The molecule has 0 spiro atoms. The maximum atomic E-state index is 12.1. The predicted octanol–water partition coefficient (Wildman–Crippen LogP) is 4.53. The van der Waals surface area contributed by atoms with Crippen LogP contribution in [0.2, 0.25) is 0 Å². The molecular weight excluding hydrogens is 314 g/mol. The summed E-state index contributed by atoms with van der Waals surface area (Å²) in [6, 6.07) is 8.46. The highest BCUT2D eigenvalue weighted by atomic mass is 79.9. The van der Waals surface area contributed by atoms with Crippen LogP contribution < -0.4 is 0 Å². The van der Waals surface area contributed by atoms with E-state index < -0.39 is 0 Å². The fourth-order valence-electron chi connectivity index (χ4n) is 2.55. The summed E-state index contributed by atoms with van der Waals surface area (Å²) < 4.78 is 1.02. The van der Waals surface area contributed by atoms with E-state index in [0.29, 0.717) is 12.3 Å². The van der Waals surface area contributed by atoms with Gasteiger partial charge in [0.15, 0.2) is 5.78 Å². The Morgan fingerprint density at radius 2 is 1.95 bits per heavy atom. The molecule has 0 atom stereocenters. The van der Waals surface area contributed by atoms with Crippen LogP contribution in [0.5, 0.6) is 0 Å². The third-order valence-electron chi connectivity index (χ3n) is 3.68.